The van der Waals surface area contributed by atoms with Gasteiger partial charge in [-0.3, -0.25) is 9.89 Å². The highest BCUT2D eigenvalue weighted by Gasteiger charge is 2.16. The van der Waals surface area contributed by atoms with E-state index in [0.29, 0.717) is 17.1 Å². The Morgan fingerprint density at radius 3 is 2.62 bits per heavy atom. The second kappa shape index (κ2) is 9.12. The number of sulfonamides is 1. The Hall–Kier alpha value is -2.82. The van der Waals surface area contributed by atoms with Gasteiger partial charge in [-0.1, -0.05) is 36.4 Å². The van der Waals surface area contributed by atoms with E-state index in [1.165, 1.54) is 18.2 Å². The van der Waals surface area contributed by atoms with Gasteiger partial charge in [0.1, 0.15) is 0 Å². The Labute approximate surface area is 174 Å². The lowest BCUT2D eigenvalue weighted by atomic mass is 10.2. The molecule has 0 aliphatic rings. The average Bonchev–Trinajstić information content (AvgIpc) is 3.11. The summed E-state index contributed by atoms with van der Waals surface area (Å²) in [6.07, 6.45) is 0. The Morgan fingerprint density at radius 2 is 1.90 bits per heavy atom. The summed E-state index contributed by atoms with van der Waals surface area (Å²) < 4.78 is 29.9. The van der Waals surface area contributed by atoms with Crippen molar-refractivity contribution in [3.05, 3.63) is 76.3 Å². The Kier molecular flexibility index (Phi) is 6.57. The van der Waals surface area contributed by atoms with Crippen LogP contribution in [0.25, 0.3) is 0 Å². The number of nitrogens with zero attached hydrogens (tertiary/aromatic N) is 2. The van der Waals surface area contributed by atoms with Crippen LogP contribution in [0.5, 0.6) is 0 Å². The van der Waals surface area contributed by atoms with Crippen LogP contribution in [0, 0.1) is 4.77 Å². The van der Waals surface area contributed by atoms with E-state index in [0.717, 1.165) is 5.56 Å². The molecule has 10 heteroatoms. The quantitative estimate of drug-likeness (QED) is 0.475. The number of amides is 1. The Balaban J connectivity index is 1.69. The molecule has 2 aromatic carbocycles. The first kappa shape index (κ1) is 20.9. The maximum absolute atomic E-state index is 12.6. The van der Waals surface area contributed by atoms with Crippen molar-refractivity contribution < 1.29 is 13.2 Å². The second-order valence-electron chi connectivity index (χ2n) is 6.21. The highest BCUT2D eigenvalue weighted by Crippen LogP contribution is 2.13. The van der Waals surface area contributed by atoms with Gasteiger partial charge in [-0.15, -0.1) is 0 Å². The van der Waals surface area contributed by atoms with Crippen LogP contribution in [-0.4, -0.2) is 29.1 Å². The summed E-state index contributed by atoms with van der Waals surface area (Å²) in [6, 6.07) is 15.1. The van der Waals surface area contributed by atoms with Crippen LogP contribution in [0.2, 0.25) is 0 Å². The minimum absolute atomic E-state index is 0.0253. The number of carbonyl (C=O) groups excluding carboxylic acids is 1. The zero-order valence-electron chi connectivity index (χ0n) is 15.8. The third-order valence-corrected chi connectivity index (χ3v) is 5.99. The summed E-state index contributed by atoms with van der Waals surface area (Å²) in [5, 5.41) is 9.51. The van der Waals surface area contributed by atoms with Crippen molar-refractivity contribution >= 4 is 28.1 Å². The molecule has 0 fully saturated rings. The SMILES string of the molecule is CCn1c(CNC(=O)c2cccc(S(=O)(=O)NCc3ccccc3)c2)n[nH]c1=S. The third-order valence-electron chi connectivity index (χ3n) is 4.28. The summed E-state index contributed by atoms with van der Waals surface area (Å²) >= 11 is 5.12. The summed E-state index contributed by atoms with van der Waals surface area (Å²) in [6.45, 7) is 2.89. The van der Waals surface area contributed by atoms with Crippen molar-refractivity contribution in [1.82, 2.24) is 24.8 Å². The van der Waals surface area contributed by atoms with Crippen molar-refractivity contribution in [2.75, 3.05) is 0 Å². The molecule has 0 unspecified atom stereocenters. The first-order valence-corrected chi connectivity index (χ1v) is 10.9. The van der Waals surface area contributed by atoms with Crippen molar-refractivity contribution in [3.63, 3.8) is 0 Å². The van der Waals surface area contributed by atoms with Crippen molar-refractivity contribution in [2.45, 2.75) is 31.5 Å². The van der Waals surface area contributed by atoms with Gasteiger partial charge in [-0.25, -0.2) is 13.1 Å². The van der Waals surface area contributed by atoms with Gasteiger partial charge in [0.05, 0.1) is 11.4 Å². The zero-order chi connectivity index (χ0) is 20.9. The molecular formula is C19H21N5O3S2. The number of aromatic amines is 1. The van der Waals surface area contributed by atoms with Gasteiger partial charge in [-0.05, 0) is 42.9 Å². The normalized spacial score (nSPS) is 11.3. The molecule has 29 heavy (non-hydrogen) atoms. The van der Waals surface area contributed by atoms with E-state index in [4.69, 9.17) is 12.2 Å². The fourth-order valence-corrected chi connectivity index (χ4v) is 4.08. The van der Waals surface area contributed by atoms with Gasteiger partial charge in [0, 0.05) is 18.7 Å². The molecule has 0 saturated carbocycles. The molecule has 0 aliphatic heterocycles. The van der Waals surface area contributed by atoms with Crippen LogP contribution in [0.4, 0.5) is 0 Å². The number of hydrogen-bond donors (Lipinski definition) is 3. The lowest BCUT2D eigenvalue weighted by molar-refractivity contribution is 0.0949. The Morgan fingerprint density at radius 1 is 1.14 bits per heavy atom. The fraction of sp³-hybridized carbons (Fsp3) is 0.211. The number of nitrogens with one attached hydrogen (secondary N) is 3. The monoisotopic (exact) mass is 431 g/mol. The standard InChI is InChI=1S/C19H21N5O3S2/c1-2-24-17(22-23-19(24)28)13-20-18(25)15-9-6-10-16(11-15)29(26,27)21-12-14-7-4-3-5-8-14/h3-11,21H,2,12-13H2,1H3,(H,20,25)(H,23,28). The number of H-pyrrole nitrogens is 1. The summed E-state index contributed by atoms with van der Waals surface area (Å²) in [7, 11) is -3.75. The molecule has 0 bridgehead atoms. The molecule has 1 aromatic heterocycles. The van der Waals surface area contributed by atoms with Crippen LogP contribution in [-0.2, 0) is 29.7 Å². The highest BCUT2D eigenvalue weighted by molar-refractivity contribution is 7.89. The topological polar surface area (TPSA) is 109 Å². The minimum Gasteiger partial charge on any atom is -0.345 e. The van der Waals surface area contributed by atoms with E-state index >= 15 is 0 Å². The maximum Gasteiger partial charge on any atom is 0.251 e. The molecular weight excluding hydrogens is 410 g/mol. The third kappa shape index (κ3) is 5.17. The number of carbonyl (C=O) groups is 1. The fourth-order valence-electron chi connectivity index (χ4n) is 2.73. The molecule has 152 valence electrons. The van der Waals surface area contributed by atoms with Crippen LogP contribution in [0.15, 0.2) is 59.5 Å². The smallest absolute Gasteiger partial charge is 0.251 e. The molecule has 0 aliphatic carbocycles. The van der Waals surface area contributed by atoms with E-state index < -0.39 is 15.9 Å². The van der Waals surface area contributed by atoms with Gasteiger partial charge >= 0.3 is 0 Å². The predicted octanol–water partition coefficient (Wildman–Crippen LogP) is 2.37. The van der Waals surface area contributed by atoms with Crippen LogP contribution >= 0.6 is 12.2 Å². The van der Waals surface area contributed by atoms with Crippen LogP contribution in [0.1, 0.15) is 28.7 Å². The van der Waals surface area contributed by atoms with E-state index in [1.54, 1.807) is 10.6 Å². The molecule has 1 amide bonds. The predicted molar refractivity (Wildman–Crippen MR) is 111 cm³/mol. The van der Waals surface area contributed by atoms with E-state index in [1.807, 2.05) is 37.3 Å². The second-order valence-corrected chi connectivity index (χ2v) is 8.36. The van der Waals surface area contributed by atoms with Crippen LogP contribution < -0.4 is 10.0 Å². The first-order chi connectivity index (χ1) is 13.9. The van der Waals surface area contributed by atoms with E-state index in [2.05, 4.69) is 20.2 Å². The Bertz CT molecular complexity index is 1150. The lowest BCUT2D eigenvalue weighted by Crippen LogP contribution is -2.26. The van der Waals surface area contributed by atoms with Gasteiger partial charge in [0.15, 0.2) is 10.6 Å². The molecule has 3 rings (SSSR count). The van der Waals surface area contributed by atoms with Gasteiger partial charge in [0.2, 0.25) is 10.0 Å². The van der Waals surface area contributed by atoms with Crippen molar-refractivity contribution in [2.24, 2.45) is 0 Å². The molecule has 3 N–H and O–H groups in total. The molecule has 0 saturated heterocycles. The number of rotatable bonds is 8. The number of hydrogen-bond acceptors (Lipinski definition) is 5. The minimum atomic E-state index is -3.75. The molecule has 0 atom stereocenters. The largest absolute Gasteiger partial charge is 0.345 e. The molecule has 0 radical (unpaired) electrons. The van der Waals surface area contributed by atoms with Gasteiger partial charge in [-0.2, -0.15) is 5.10 Å². The van der Waals surface area contributed by atoms with Gasteiger partial charge < -0.3 is 9.88 Å². The first-order valence-electron chi connectivity index (χ1n) is 8.96. The van der Waals surface area contributed by atoms with Crippen molar-refractivity contribution in [3.8, 4) is 0 Å². The number of aromatic nitrogens is 3. The molecule has 3 aromatic rings. The maximum atomic E-state index is 12.6. The van der Waals surface area contributed by atoms with E-state index in [9.17, 15) is 13.2 Å². The number of benzene rings is 2. The highest BCUT2D eigenvalue weighted by atomic mass is 32.2. The summed E-state index contributed by atoms with van der Waals surface area (Å²) in [5.41, 5.74) is 1.08. The summed E-state index contributed by atoms with van der Waals surface area (Å²) in [5.74, 6) is 0.195. The van der Waals surface area contributed by atoms with Crippen LogP contribution in [0.3, 0.4) is 0 Å². The zero-order valence-corrected chi connectivity index (χ0v) is 17.4. The lowest BCUT2D eigenvalue weighted by Gasteiger charge is -2.09. The van der Waals surface area contributed by atoms with Crippen molar-refractivity contribution in [1.29, 1.82) is 0 Å². The summed E-state index contributed by atoms with van der Waals surface area (Å²) in [4.78, 5) is 12.5. The molecule has 0 spiro atoms. The average molecular weight is 432 g/mol. The molecule has 1 heterocycles. The van der Waals surface area contributed by atoms with E-state index in [-0.39, 0.29) is 23.5 Å². The molecule has 8 nitrogen and oxygen atoms in total. The van der Waals surface area contributed by atoms with Gasteiger partial charge in [0.25, 0.3) is 5.91 Å².